The quantitative estimate of drug-likeness (QED) is 0.251. The molecule has 3 heterocycles. The number of allylic oxidation sites excluding steroid dienone is 1. The van der Waals surface area contributed by atoms with Gasteiger partial charge in [0.2, 0.25) is 5.60 Å². The van der Waals surface area contributed by atoms with Crippen LogP contribution in [0.25, 0.3) is 27.5 Å². The number of hydrogen-bond acceptors (Lipinski definition) is 3. The molecule has 0 radical (unpaired) electrons. The number of rotatable bonds is 6. The Bertz CT molecular complexity index is 1650. The molecule has 1 unspecified atom stereocenters. The van der Waals surface area contributed by atoms with Crippen LogP contribution in [-0.4, -0.2) is 32.6 Å². The molecule has 0 aliphatic rings. The maximum Gasteiger partial charge on any atom is 0.426 e. The van der Waals surface area contributed by atoms with Crippen molar-refractivity contribution in [2.75, 3.05) is 7.11 Å². The van der Waals surface area contributed by atoms with Crippen LogP contribution in [0.3, 0.4) is 0 Å². The lowest BCUT2D eigenvalue weighted by Crippen LogP contribution is -2.45. The van der Waals surface area contributed by atoms with Crippen LogP contribution in [0.1, 0.15) is 11.1 Å². The smallest absolute Gasteiger partial charge is 0.360 e. The highest BCUT2D eigenvalue weighted by Gasteiger charge is 2.59. The number of halogens is 4. The van der Waals surface area contributed by atoms with Crippen LogP contribution in [-0.2, 0) is 16.9 Å². The molecule has 0 saturated carbocycles. The molecule has 5 rings (SSSR count). The number of hydrogen-bond donors (Lipinski definition) is 1. The van der Waals surface area contributed by atoms with Gasteiger partial charge in [0.05, 0.1) is 17.4 Å². The van der Waals surface area contributed by atoms with Gasteiger partial charge < -0.3 is 14.3 Å². The molecule has 36 heavy (non-hydrogen) atoms. The molecule has 1 N–H and O–H groups in total. The van der Waals surface area contributed by atoms with Gasteiger partial charge >= 0.3 is 6.18 Å². The van der Waals surface area contributed by atoms with Gasteiger partial charge in [0.1, 0.15) is 11.3 Å². The van der Waals surface area contributed by atoms with Crippen molar-refractivity contribution in [3.05, 3.63) is 107 Å². The summed E-state index contributed by atoms with van der Waals surface area (Å²) in [5.74, 6) is -0.415. The topological polar surface area (TPSA) is 64.8 Å². The summed E-state index contributed by atoms with van der Waals surface area (Å²) in [6.45, 7) is 3.77. The molecule has 0 saturated heterocycles. The summed E-state index contributed by atoms with van der Waals surface area (Å²) in [5, 5.41) is 4.82. The fourth-order valence-corrected chi connectivity index (χ4v) is 4.68. The Hall–Kier alpha value is -4.18. The van der Waals surface area contributed by atoms with Gasteiger partial charge in [0.15, 0.2) is 0 Å². The molecule has 0 fully saturated rings. The molecule has 0 aliphatic heterocycles. The number of benzene rings is 2. The van der Waals surface area contributed by atoms with E-state index in [1.807, 2.05) is 0 Å². The van der Waals surface area contributed by atoms with Crippen molar-refractivity contribution in [2.24, 2.45) is 0 Å². The minimum atomic E-state index is -4.89. The maximum atomic E-state index is 15.0. The highest BCUT2D eigenvalue weighted by atomic mass is 19.4. The van der Waals surface area contributed by atoms with E-state index < -0.39 is 23.2 Å². The summed E-state index contributed by atoms with van der Waals surface area (Å²) < 4.78 is 66.5. The molecule has 0 aliphatic carbocycles. The first-order valence-corrected chi connectivity index (χ1v) is 10.9. The van der Waals surface area contributed by atoms with Crippen LogP contribution >= 0.6 is 0 Å². The van der Waals surface area contributed by atoms with Gasteiger partial charge in [0, 0.05) is 42.4 Å². The van der Waals surface area contributed by atoms with Gasteiger partial charge in [-0.25, -0.2) is 9.07 Å². The van der Waals surface area contributed by atoms with Gasteiger partial charge in [-0.1, -0.05) is 12.1 Å². The summed E-state index contributed by atoms with van der Waals surface area (Å²) in [7, 11) is 0.990. The van der Waals surface area contributed by atoms with E-state index in [9.17, 15) is 22.4 Å². The van der Waals surface area contributed by atoms with Gasteiger partial charge in [-0.3, -0.25) is 4.79 Å². The lowest BCUT2D eigenvalue weighted by molar-refractivity contribution is -0.257. The second kappa shape index (κ2) is 8.49. The van der Waals surface area contributed by atoms with E-state index in [1.54, 1.807) is 0 Å². The Morgan fingerprint density at radius 3 is 2.56 bits per heavy atom. The highest BCUT2D eigenvalue weighted by Crippen LogP contribution is 2.49. The zero-order chi connectivity index (χ0) is 25.7. The third kappa shape index (κ3) is 3.44. The predicted molar refractivity (Wildman–Crippen MR) is 128 cm³/mol. The third-order valence-corrected chi connectivity index (χ3v) is 6.25. The largest absolute Gasteiger partial charge is 0.426 e. The Kier molecular flexibility index (Phi) is 5.55. The van der Waals surface area contributed by atoms with Crippen LogP contribution in [0, 0.1) is 5.82 Å². The minimum absolute atomic E-state index is 0.0864. The van der Waals surface area contributed by atoms with Crippen LogP contribution in [0.15, 0.2) is 84.6 Å². The number of nitrogens with zero attached hydrogens (tertiary/aromatic N) is 3. The molecular weight excluding hydrogens is 476 g/mol. The SMILES string of the molecule is C=CCn1cc(C(OC)(c2ccc3c(cnn3-c3ccc(F)cc3)c2)C(F)(F)F)c2cc[nH]c(=O)c21. The highest BCUT2D eigenvalue weighted by molar-refractivity contribution is 5.86. The van der Waals surface area contributed by atoms with Gasteiger partial charge in [-0.2, -0.15) is 18.3 Å². The Morgan fingerprint density at radius 2 is 1.89 bits per heavy atom. The number of fused-ring (bicyclic) bond motifs is 2. The molecule has 10 heteroatoms. The average molecular weight is 496 g/mol. The fourth-order valence-electron chi connectivity index (χ4n) is 4.68. The normalized spacial score (nSPS) is 13.8. The number of nitrogens with one attached hydrogen (secondary N) is 1. The van der Waals surface area contributed by atoms with Crippen molar-refractivity contribution in [2.45, 2.75) is 18.3 Å². The zero-order valence-electron chi connectivity index (χ0n) is 19.0. The Labute approximate surface area is 202 Å². The van der Waals surface area contributed by atoms with Gasteiger partial charge in [-0.15, -0.1) is 6.58 Å². The van der Waals surface area contributed by atoms with Crippen LogP contribution < -0.4 is 5.56 Å². The van der Waals surface area contributed by atoms with Crippen LogP contribution in [0.5, 0.6) is 0 Å². The lowest BCUT2D eigenvalue weighted by atomic mass is 9.84. The average Bonchev–Trinajstić information content (AvgIpc) is 3.43. The first-order chi connectivity index (χ1) is 17.2. The second-order valence-electron chi connectivity index (χ2n) is 8.24. The molecule has 0 amide bonds. The van der Waals surface area contributed by atoms with Crippen LogP contribution in [0.2, 0.25) is 0 Å². The molecule has 0 spiro atoms. The van der Waals surface area contributed by atoms with E-state index in [0.29, 0.717) is 16.6 Å². The third-order valence-electron chi connectivity index (χ3n) is 6.25. The molecule has 3 aromatic heterocycles. The summed E-state index contributed by atoms with van der Waals surface area (Å²) in [6, 6.07) is 11.2. The van der Waals surface area contributed by atoms with E-state index >= 15 is 0 Å². The van der Waals surface area contributed by atoms with Crippen molar-refractivity contribution < 1.29 is 22.3 Å². The Morgan fingerprint density at radius 1 is 1.14 bits per heavy atom. The van der Waals surface area contributed by atoms with E-state index in [2.05, 4.69) is 16.7 Å². The first-order valence-electron chi connectivity index (χ1n) is 10.9. The molecule has 2 aromatic carbocycles. The summed E-state index contributed by atoms with van der Waals surface area (Å²) in [6.07, 6.45) is 0.625. The van der Waals surface area contributed by atoms with Crippen molar-refractivity contribution in [3.8, 4) is 5.69 Å². The van der Waals surface area contributed by atoms with Gasteiger partial charge in [0.25, 0.3) is 5.56 Å². The number of alkyl halides is 3. The predicted octanol–water partition coefficient (Wildman–Crippen LogP) is 5.45. The molecular formula is C26H20F4N4O2. The van der Waals surface area contributed by atoms with E-state index in [1.165, 1.54) is 82.4 Å². The Balaban J connectivity index is 1.77. The summed E-state index contributed by atoms with van der Waals surface area (Å²) >= 11 is 0. The minimum Gasteiger partial charge on any atom is -0.360 e. The molecule has 184 valence electrons. The first kappa shape index (κ1) is 23.6. The number of methoxy groups -OCH3 is 1. The number of aromatic amines is 1. The lowest BCUT2D eigenvalue weighted by Gasteiger charge is -2.35. The van der Waals surface area contributed by atoms with E-state index in [0.717, 1.165) is 7.11 Å². The summed E-state index contributed by atoms with van der Waals surface area (Å²) in [5.41, 5.74) is -2.63. The maximum absolute atomic E-state index is 15.0. The van der Waals surface area contributed by atoms with E-state index in [-0.39, 0.29) is 28.6 Å². The van der Waals surface area contributed by atoms with Crippen LogP contribution in [0.4, 0.5) is 17.6 Å². The second-order valence-corrected chi connectivity index (χ2v) is 8.24. The molecule has 1 atom stereocenters. The fraction of sp³-hybridized carbons (Fsp3) is 0.154. The molecule has 6 nitrogen and oxygen atoms in total. The monoisotopic (exact) mass is 496 g/mol. The number of ether oxygens (including phenoxy) is 1. The van der Waals surface area contributed by atoms with E-state index in [4.69, 9.17) is 4.74 Å². The number of H-pyrrole nitrogens is 1. The standard InChI is InChI=1S/C26H20F4N4O2/c1-3-12-33-15-21(20-10-11-31-24(35)23(20)33)25(36-2,26(28,29)30)17-4-9-22-16(13-17)14-32-34(22)19-7-5-18(27)6-8-19/h3-11,13-15H,1,12H2,2H3,(H,31,35). The zero-order valence-corrected chi connectivity index (χ0v) is 19.0. The number of pyridine rings is 1. The van der Waals surface area contributed by atoms with Gasteiger partial charge in [-0.05, 0) is 48.0 Å². The number of aromatic nitrogens is 4. The van der Waals surface area contributed by atoms with Crippen molar-refractivity contribution in [3.63, 3.8) is 0 Å². The van der Waals surface area contributed by atoms with Crippen molar-refractivity contribution in [1.82, 2.24) is 19.3 Å². The molecule has 5 aromatic rings. The van der Waals surface area contributed by atoms with Crippen molar-refractivity contribution >= 4 is 21.8 Å². The molecule has 0 bridgehead atoms. The van der Waals surface area contributed by atoms with Crippen molar-refractivity contribution in [1.29, 1.82) is 0 Å². The summed E-state index contributed by atoms with van der Waals surface area (Å²) in [4.78, 5) is 15.1.